The second-order valence-electron chi connectivity index (χ2n) is 19.6. The van der Waals surface area contributed by atoms with Crippen molar-refractivity contribution in [1.82, 2.24) is 4.57 Å². The van der Waals surface area contributed by atoms with Gasteiger partial charge in [0.1, 0.15) is 5.75 Å². The Morgan fingerprint density at radius 1 is 0.551 bits per heavy atom. The maximum absolute atomic E-state index is 9.78. The molecule has 0 aliphatic heterocycles. The lowest BCUT2D eigenvalue weighted by molar-refractivity contribution is 0.282. The largest absolute Gasteiger partial charge is 0.494 e. The van der Waals surface area contributed by atoms with Gasteiger partial charge in [-0.15, -0.1) is 0 Å². The van der Waals surface area contributed by atoms with Crippen LogP contribution in [-0.2, 0) is 23.9 Å². The zero-order valence-electron chi connectivity index (χ0n) is 39.3. The second-order valence-corrected chi connectivity index (χ2v) is 19.6. The van der Waals surface area contributed by atoms with Crippen LogP contribution in [0.3, 0.4) is 0 Å². The molecule has 2 atom stereocenters. The summed E-state index contributed by atoms with van der Waals surface area (Å²) in [5.41, 5.74) is 21.0. The molecule has 336 valence electrons. The molecule has 0 radical (unpaired) electrons. The van der Waals surface area contributed by atoms with Crippen molar-refractivity contribution < 1.29 is 9.84 Å². The monoisotopic (exact) mass is 893 g/mol. The van der Waals surface area contributed by atoms with Crippen LogP contribution < -0.4 is 4.74 Å². The van der Waals surface area contributed by atoms with Crippen LogP contribution in [0.25, 0.3) is 55.8 Å². The minimum absolute atomic E-state index is 0.0307. The van der Waals surface area contributed by atoms with Gasteiger partial charge in [0.15, 0.2) is 0 Å². The molecule has 2 aliphatic rings. The summed E-state index contributed by atoms with van der Waals surface area (Å²) in [4.78, 5) is 0. The third-order valence-electron chi connectivity index (χ3n) is 15.6. The van der Waals surface area contributed by atoms with Gasteiger partial charge in [-0.25, -0.2) is 0 Å². The fraction of sp³-hybridized carbons (Fsp3) is 0.152. The third-order valence-corrected chi connectivity index (χ3v) is 15.6. The first-order valence-electron chi connectivity index (χ1n) is 24.5. The standard InChI is InChI=1S/C66H55NO2/c1-4-44-24-32-51(33-25-44)69-39-38-66(49-14-6-5-7-15-49)60-20-12-9-17-54(60)56-36-29-48(42-62(56)66)52(47-28-35-55-53-16-8-11-19-59(53)65(2,3)61(55)41-47)34-26-45-27-37-64-58(40-45)57-18-10-13-21-63(57)67(64)50-30-22-46(43-68)23-31-50/h4-25,27-33,35-37,40-42,52,68H,1,26,34,38-39,43H2,2-3H3. The molecule has 0 fully saturated rings. The molecule has 3 nitrogen and oxygen atoms in total. The number of rotatable bonds is 13. The van der Waals surface area contributed by atoms with Crippen molar-refractivity contribution in [1.29, 1.82) is 0 Å². The molecule has 0 bridgehead atoms. The molecule has 3 heteroatoms. The predicted molar refractivity (Wildman–Crippen MR) is 286 cm³/mol. The van der Waals surface area contributed by atoms with E-state index in [1.807, 2.05) is 18.2 Å². The Bertz CT molecular complexity index is 3560. The number of aliphatic hydroxyl groups is 1. The van der Waals surface area contributed by atoms with E-state index in [9.17, 15) is 5.11 Å². The van der Waals surface area contributed by atoms with E-state index >= 15 is 0 Å². The maximum Gasteiger partial charge on any atom is 0.119 e. The number of aryl methyl sites for hydroxylation is 1. The fourth-order valence-electron chi connectivity index (χ4n) is 12.1. The maximum atomic E-state index is 9.78. The van der Waals surface area contributed by atoms with Gasteiger partial charge in [-0.05, 0) is 140 Å². The first-order valence-corrected chi connectivity index (χ1v) is 24.5. The van der Waals surface area contributed by atoms with Crippen molar-refractivity contribution in [2.45, 2.75) is 56.5 Å². The number of aromatic nitrogens is 1. The lowest BCUT2D eigenvalue weighted by atomic mass is 9.69. The Labute approximate surface area is 405 Å². The van der Waals surface area contributed by atoms with E-state index in [-0.39, 0.29) is 17.9 Å². The summed E-state index contributed by atoms with van der Waals surface area (Å²) in [5, 5.41) is 12.3. The van der Waals surface area contributed by atoms with Crippen molar-refractivity contribution in [3.8, 4) is 33.7 Å². The van der Waals surface area contributed by atoms with Gasteiger partial charge < -0.3 is 14.4 Å². The van der Waals surface area contributed by atoms with E-state index in [1.165, 1.54) is 88.6 Å². The van der Waals surface area contributed by atoms with Gasteiger partial charge in [0.2, 0.25) is 0 Å². The summed E-state index contributed by atoms with van der Waals surface area (Å²) in [6, 6.07) is 76.2. The highest BCUT2D eigenvalue weighted by Gasteiger charge is 2.45. The van der Waals surface area contributed by atoms with Crippen molar-refractivity contribution in [2.24, 2.45) is 0 Å². The highest BCUT2D eigenvalue weighted by atomic mass is 16.5. The first-order chi connectivity index (χ1) is 33.9. The average molecular weight is 894 g/mol. The van der Waals surface area contributed by atoms with Crippen LogP contribution in [0.5, 0.6) is 5.75 Å². The zero-order chi connectivity index (χ0) is 46.7. The zero-order valence-corrected chi connectivity index (χ0v) is 39.3. The lowest BCUT2D eigenvalue weighted by Crippen LogP contribution is -2.29. The molecule has 12 rings (SSSR count). The molecule has 0 saturated heterocycles. The van der Waals surface area contributed by atoms with E-state index < -0.39 is 5.41 Å². The molecular weight excluding hydrogens is 839 g/mol. The molecule has 2 aliphatic carbocycles. The molecule has 0 saturated carbocycles. The van der Waals surface area contributed by atoms with Gasteiger partial charge in [0.25, 0.3) is 0 Å². The van der Waals surface area contributed by atoms with Crippen LogP contribution in [-0.4, -0.2) is 16.3 Å². The van der Waals surface area contributed by atoms with Gasteiger partial charge in [0.05, 0.1) is 24.2 Å². The molecule has 0 amide bonds. The van der Waals surface area contributed by atoms with Crippen molar-refractivity contribution in [2.75, 3.05) is 6.61 Å². The number of nitrogens with zero attached hydrogens (tertiary/aromatic N) is 1. The molecule has 1 N–H and O–H groups in total. The fourth-order valence-corrected chi connectivity index (χ4v) is 12.1. The van der Waals surface area contributed by atoms with E-state index in [2.05, 4.69) is 219 Å². The quantitative estimate of drug-likeness (QED) is 0.125. The summed E-state index contributed by atoms with van der Waals surface area (Å²) < 4.78 is 8.97. The van der Waals surface area contributed by atoms with Crippen LogP contribution in [0.4, 0.5) is 0 Å². The topological polar surface area (TPSA) is 34.4 Å². The summed E-state index contributed by atoms with van der Waals surface area (Å²) in [5.74, 6) is 0.990. The Morgan fingerprint density at radius 2 is 1.16 bits per heavy atom. The van der Waals surface area contributed by atoms with Gasteiger partial charge in [-0.1, -0.05) is 190 Å². The molecule has 10 aromatic rings. The Kier molecular flexibility index (Phi) is 10.6. The Balaban J connectivity index is 0.977. The number of benzene rings is 9. The molecule has 9 aromatic carbocycles. The van der Waals surface area contributed by atoms with Gasteiger partial charge in [-0.2, -0.15) is 0 Å². The van der Waals surface area contributed by atoms with Crippen LogP contribution in [0.15, 0.2) is 213 Å². The van der Waals surface area contributed by atoms with Crippen LogP contribution >= 0.6 is 0 Å². The minimum atomic E-state index is -0.423. The minimum Gasteiger partial charge on any atom is -0.494 e. The smallest absolute Gasteiger partial charge is 0.119 e. The van der Waals surface area contributed by atoms with E-state index in [0.717, 1.165) is 41.8 Å². The van der Waals surface area contributed by atoms with Crippen LogP contribution in [0.1, 0.15) is 88.2 Å². The van der Waals surface area contributed by atoms with Crippen molar-refractivity contribution in [3.05, 3.63) is 268 Å². The van der Waals surface area contributed by atoms with Crippen LogP contribution in [0.2, 0.25) is 0 Å². The number of hydrogen-bond acceptors (Lipinski definition) is 2. The highest BCUT2D eigenvalue weighted by Crippen LogP contribution is 2.56. The third kappa shape index (κ3) is 7.06. The van der Waals surface area contributed by atoms with Gasteiger partial charge in [0, 0.05) is 33.2 Å². The number of hydrogen-bond donors (Lipinski definition) is 1. The number of aliphatic hydroxyl groups excluding tert-OH is 1. The molecule has 1 heterocycles. The average Bonchev–Trinajstić information content (AvgIpc) is 3.97. The summed E-state index contributed by atoms with van der Waals surface area (Å²) in [7, 11) is 0. The van der Waals surface area contributed by atoms with E-state index in [4.69, 9.17) is 4.74 Å². The van der Waals surface area contributed by atoms with Gasteiger partial charge in [-0.3, -0.25) is 0 Å². The normalized spacial score (nSPS) is 15.6. The first kappa shape index (κ1) is 42.6. The Morgan fingerprint density at radius 3 is 1.90 bits per heavy atom. The van der Waals surface area contributed by atoms with E-state index in [0.29, 0.717) is 6.61 Å². The molecule has 0 spiro atoms. The summed E-state index contributed by atoms with van der Waals surface area (Å²) in [6.45, 7) is 9.30. The molecule has 2 unspecified atom stereocenters. The number of para-hydroxylation sites is 1. The van der Waals surface area contributed by atoms with Gasteiger partial charge >= 0.3 is 0 Å². The van der Waals surface area contributed by atoms with Crippen molar-refractivity contribution in [3.63, 3.8) is 0 Å². The summed E-state index contributed by atoms with van der Waals surface area (Å²) in [6.07, 6.45) is 4.50. The van der Waals surface area contributed by atoms with E-state index in [1.54, 1.807) is 0 Å². The SMILES string of the molecule is C=Cc1ccc(OCCC2(c3ccccc3)c3ccccc3-c3ccc(C(CCc4ccc5c(c4)c4ccccc4n5-c4ccc(CO)cc4)c4ccc5c(c4)C(C)(C)c4ccccc4-5)cc32)cc1. The number of ether oxygens (including phenoxy) is 1. The molecular formula is C66H55NO2. The number of fused-ring (bicyclic) bond motifs is 9. The molecule has 69 heavy (non-hydrogen) atoms. The highest BCUT2D eigenvalue weighted by molar-refractivity contribution is 6.09. The summed E-state index contributed by atoms with van der Waals surface area (Å²) >= 11 is 0. The van der Waals surface area contributed by atoms with Crippen LogP contribution in [0, 0.1) is 0 Å². The second kappa shape index (κ2) is 17.1. The van der Waals surface area contributed by atoms with Crippen molar-refractivity contribution >= 4 is 27.9 Å². The lowest BCUT2D eigenvalue weighted by Gasteiger charge is -2.34. The predicted octanol–water partition coefficient (Wildman–Crippen LogP) is 15.8. The Hall–Kier alpha value is -7.72. The molecule has 1 aromatic heterocycles.